The van der Waals surface area contributed by atoms with Gasteiger partial charge in [0.15, 0.2) is 17.5 Å². The number of para-hydroxylation sites is 2. The van der Waals surface area contributed by atoms with E-state index in [0.717, 1.165) is 44.5 Å². The molecule has 0 N–H and O–H groups in total. The van der Waals surface area contributed by atoms with Gasteiger partial charge in [0, 0.05) is 58.3 Å². The average molecular weight is 691 g/mol. The smallest absolute Gasteiger partial charge is 0.164 e. The van der Waals surface area contributed by atoms with Crippen LogP contribution in [0.5, 0.6) is 0 Å². The van der Waals surface area contributed by atoms with E-state index in [1.54, 1.807) is 11.3 Å². The fraction of sp³-hybridized carbons (Fsp3) is 0. The van der Waals surface area contributed by atoms with Crippen LogP contribution in [0.25, 0.3) is 93.0 Å². The van der Waals surface area contributed by atoms with Gasteiger partial charge in [0.2, 0.25) is 0 Å². The Morgan fingerprint density at radius 2 is 1.10 bits per heavy atom. The van der Waals surface area contributed by atoms with Gasteiger partial charge in [0.1, 0.15) is 0 Å². The van der Waals surface area contributed by atoms with Gasteiger partial charge in [-0.2, -0.15) is 0 Å². The molecule has 0 spiro atoms. The lowest BCUT2D eigenvalue weighted by Crippen LogP contribution is -2.01. The molecular weight excluding hydrogens is 664 g/mol. The molecule has 0 atom stereocenters. The van der Waals surface area contributed by atoms with Gasteiger partial charge in [-0.1, -0.05) is 121 Å². The number of fused-ring (bicyclic) bond motifs is 6. The molecule has 7 aromatic carbocycles. The lowest BCUT2D eigenvalue weighted by atomic mass is 9.95. The van der Waals surface area contributed by atoms with Crippen LogP contribution in [0.15, 0.2) is 164 Å². The lowest BCUT2D eigenvalue weighted by molar-refractivity contribution is 1.07. The molecule has 0 fully saturated rings. The minimum Gasteiger partial charge on any atom is -0.309 e. The molecule has 51 heavy (non-hydrogen) atoms. The first-order valence-electron chi connectivity index (χ1n) is 16.8. The fourth-order valence-electron chi connectivity index (χ4n) is 7.24. The molecule has 4 nitrogen and oxygen atoms in total. The summed E-state index contributed by atoms with van der Waals surface area (Å²) in [7, 11) is 0. The zero-order chi connectivity index (χ0) is 33.9. The first kappa shape index (κ1) is 29.7. The van der Waals surface area contributed by atoms with E-state index in [2.05, 4.69) is 114 Å². The van der Waals surface area contributed by atoms with E-state index >= 15 is 0 Å². The Hall–Kier alpha value is -6.14. The third-order valence-electron chi connectivity index (χ3n) is 9.53. The third-order valence-corrected chi connectivity index (χ3v) is 10.9. The fourth-order valence-corrected chi connectivity index (χ4v) is 8.54. The van der Waals surface area contributed by atoms with Crippen LogP contribution < -0.4 is 0 Å². The topological polar surface area (TPSA) is 43.6 Å². The monoisotopic (exact) mass is 690 g/mol. The number of hydrogen-bond donors (Lipinski definition) is 0. The molecule has 0 amide bonds. The van der Waals surface area contributed by atoms with E-state index in [1.807, 2.05) is 54.6 Å². The minimum absolute atomic E-state index is 0.589. The molecule has 10 aromatic rings. The molecule has 0 saturated heterocycles. The van der Waals surface area contributed by atoms with Crippen LogP contribution in [0.2, 0.25) is 5.02 Å². The Bertz CT molecular complexity index is 2930. The van der Waals surface area contributed by atoms with E-state index in [1.165, 1.54) is 30.9 Å². The highest BCUT2D eigenvalue weighted by atomic mass is 35.5. The largest absolute Gasteiger partial charge is 0.309 e. The molecule has 6 heteroatoms. The maximum atomic E-state index is 6.75. The zero-order valence-electron chi connectivity index (χ0n) is 27.2. The van der Waals surface area contributed by atoms with Gasteiger partial charge < -0.3 is 4.57 Å². The second-order valence-electron chi connectivity index (χ2n) is 12.6. The third kappa shape index (κ3) is 5.01. The second-order valence-corrected chi connectivity index (χ2v) is 14.1. The highest BCUT2D eigenvalue weighted by Gasteiger charge is 2.20. The highest BCUT2D eigenvalue weighted by Crippen LogP contribution is 2.43. The number of hydrogen-bond acceptors (Lipinski definition) is 4. The van der Waals surface area contributed by atoms with Crippen LogP contribution in [0, 0.1) is 0 Å². The Morgan fingerprint density at radius 3 is 1.94 bits per heavy atom. The van der Waals surface area contributed by atoms with Crippen LogP contribution in [0.3, 0.4) is 0 Å². The summed E-state index contributed by atoms with van der Waals surface area (Å²) in [6, 6.07) is 56.7. The summed E-state index contributed by atoms with van der Waals surface area (Å²) in [6.07, 6.45) is 0. The molecule has 0 aliphatic heterocycles. The number of thiophene rings is 1. The predicted octanol–water partition coefficient (Wildman–Crippen LogP) is 12.7. The van der Waals surface area contributed by atoms with E-state index in [0.29, 0.717) is 22.5 Å². The zero-order valence-corrected chi connectivity index (χ0v) is 28.7. The molecule has 3 heterocycles. The normalized spacial score (nSPS) is 11.6. The Morgan fingerprint density at radius 1 is 0.431 bits per heavy atom. The summed E-state index contributed by atoms with van der Waals surface area (Å²) in [5.41, 5.74) is 8.13. The van der Waals surface area contributed by atoms with E-state index in [9.17, 15) is 0 Å². The summed E-state index contributed by atoms with van der Waals surface area (Å²) < 4.78 is 4.79. The summed E-state index contributed by atoms with van der Waals surface area (Å²) >= 11 is 8.55. The van der Waals surface area contributed by atoms with Crippen molar-refractivity contribution < 1.29 is 0 Å². The molecule has 0 unspecified atom stereocenters. The highest BCUT2D eigenvalue weighted by molar-refractivity contribution is 7.25. The quantitative estimate of drug-likeness (QED) is 0.180. The van der Waals surface area contributed by atoms with E-state index in [-0.39, 0.29) is 0 Å². The van der Waals surface area contributed by atoms with Gasteiger partial charge in [-0.15, -0.1) is 11.3 Å². The molecular formula is C45H27ClN4S. The van der Waals surface area contributed by atoms with Crippen LogP contribution in [0.1, 0.15) is 0 Å². The van der Waals surface area contributed by atoms with Crippen molar-refractivity contribution in [3.05, 3.63) is 169 Å². The molecule has 3 aromatic heterocycles. The van der Waals surface area contributed by atoms with Gasteiger partial charge in [-0.05, 0) is 65.7 Å². The SMILES string of the molecule is Clc1ccc(-c2nc(-c3ccccc3)nc(-c3ccc4c5ccccc5n(-c5ccccc5)c4c3)n2)c(-c2cccc3sc4ccccc4c23)c1. The van der Waals surface area contributed by atoms with Crippen molar-refractivity contribution >= 4 is 64.9 Å². The minimum atomic E-state index is 0.589. The number of nitrogens with zero attached hydrogens (tertiary/aromatic N) is 4. The van der Waals surface area contributed by atoms with Gasteiger partial charge in [0.25, 0.3) is 0 Å². The molecule has 10 rings (SSSR count). The van der Waals surface area contributed by atoms with Gasteiger partial charge in [-0.3, -0.25) is 0 Å². The van der Waals surface area contributed by atoms with Gasteiger partial charge >= 0.3 is 0 Å². The molecule has 0 radical (unpaired) electrons. The van der Waals surface area contributed by atoms with Crippen molar-refractivity contribution in [1.29, 1.82) is 0 Å². The first-order chi connectivity index (χ1) is 25.2. The van der Waals surface area contributed by atoms with Gasteiger partial charge in [-0.25, -0.2) is 15.0 Å². The van der Waals surface area contributed by atoms with Crippen molar-refractivity contribution in [2.24, 2.45) is 0 Å². The standard InChI is InChI=1S/C45H27ClN4S/c46-30-23-25-35(37(27-30)34-18-11-21-41-42(34)36-17-8-10-20-40(36)51-41)45-48-43(28-12-3-1-4-13-28)47-44(49-45)29-22-24-33-32-16-7-9-19-38(32)50(39(33)26-29)31-14-5-2-6-15-31/h1-27H. The first-order valence-corrected chi connectivity index (χ1v) is 18.0. The lowest BCUT2D eigenvalue weighted by Gasteiger charge is -2.14. The number of halogens is 1. The maximum absolute atomic E-state index is 6.75. The van der Waals surface area contributed by atoms with Crippen LogP contribution in [-0.4, -0.2) is 19.5 Å². The van der Waals surface area contributed by atoms with Crippen LogP contribution in [-0.2, 0) is 0 Å². The van der Waals surface area contributed by atoms with Crippen LogP contribution in [0.4, 0.5) is 0 Å². The molecule has 0 aliphatic carbocycles. The van der Waals surface area contributed by atoms with E-state index < -0.39 is 0 Å². The Balaban J connectivity index is 1.23. The Labute approximate surface area is 302 Å². The van der Waals surface area contributed by atoms with E-state index in [4.69, 9.17) is 26.6 Å². The predicted molar refractivity (Wildman–Crippen MR) is 214 cm³/mol. The van der Waals surface area contributed by atoms with Crippen molar-refractivity contribution in [3.8, 4) is 51.0 Å². The van der Waals surface area contributed by atoms with Crippen molar-refractivity contribution in [2.75, 3.05) is 0 Å². The summed E-state index contributed by atoms with van der Waals surface area (Å²) in [5, 5.41) is 5.46. The second kappa shape index (κ2) is 12.0. The summed E-state index contributed by atoms with van der Waals surface area (Å²) in [4.78, 5) is 15.5. The summed E-state index contributed by atoms with van der Waals surface area (Å²) in [6.45, 7) is 0. The van der Waals surface area contributed by atoms with Crippen LogP contribution >= 0.6 is 22.9 Å². The maximum Gasteiger partial charge on any atom is 0.164 e. The number of aromatic nitrogens is 4. The Kier molecular flexibility index (Phi) is 7.01. The average Bonchev–Trinajstić information content (AvgIpc) is 3.74. The molecule has 0 bridgehead atoms. The van der Waals surface area contributed by atoms with Crippen molar-refractivity contribution in [3.63, 3.8) is 0 Å². The molecule has 0 saturated carbocycles. The summed E-state index contributed by atoms with van der Waals surface area (Å²) in [5.74, 6) is 1.80. The van der Waals surface area contributed by atoms with Crippen molar-refractivity contribution in [2.45, 2.75) is 0 Å². The molecule has 0 aliphatic rings. The van der Waals surface area contributed by atoms with Gasteiger partial charge in [0.05, 0.1) is 11.0 Å². The molecule has 240 valence electrons. The number of benzene rings is 7. The number of rotatable bonds is 5. The van der Waals surface area contributed by atoms with Crippen molar-refractivity contribution in [1.82, 2.24) is 19.5 Å².